The van der Waals surface area contributed by atoms with E-state index in [1.165, 1.54) is 0 Å². The van der Waals surface area contributed by atoms with Crippen LogP contribution in [0.1, 0.15) is 32.6 Å². The van der Waals surface area contributed by atoms with Gasteiger partial charge in [0.25, 0.3) is 0 Å². The summed E-state index contributed by atoms with van der Waals surface area (Å²) < 4.78 is 5.18. The molecule has 0 aromatic carbocycles. The van der Waals surface area contributed by atoms with Gasteiger partial charge < -0.3 is 15.2 Å². The third-order valence-electron chi connectivity index (χ3n) is 2.77. The first-order valence-electron chi connectivity index (χ1n) is 5.69. The number of carboxylic acid groups (broad SMARTS) is 1. The molecular weight excluding hydrogens is 210 g/mol. The Kier molecular flexibility index (Phi) is 5.25. The summed E-state index contributed by atoms with van der Waals surface area (Å²) in [6, 6.07) is -0.0774. The van der Waals surface area contributed by atoms with Crippen LogP contribution in [0.5, 0.6) is 0 Å². The van der Waals surface area contributed by atoms with E-state index in [2.05, 4.69) is 5.32 Å². The molecule has 0 aliphatic carbocycles. The van der Waals surface area contributed by atoms with Gasteiger partial charge in [0, 0.05) is 31.6 Å². The highest BCUT2D eigenvalue weighted by Gasteiger charge is 2.22. The van der Waals surface area contributed by atoms with Crippen LogP contribution < -0.4 is 5.32 Å². The van der Waals surface area contributed by atoms with Gasteiger partial charge in [0.05, 0.1) is 0 Å². The van der Waals surface area contributed by atoms with Crippen molar-refractivity contribution in [1.29, 1.82) is 0 Å². The Labute approximate surface area is 95.2 Å². The normalized spacial score (nSPS) is 19.1. The van der Waals surface area contributed by atoms with Crippen molar-refractivity contribution in [3.63, 3.8) is 0 Å². The summed E-state index contributed by atoms with van der Waals surface area (Å²) in [7, 11) is 0. The molecule has 5 nitrogen and oxygen atoms in total. The van der Waals surface area contributed by atoms with Crippen molar-refractivity contribution in [2.24, 2.45) is 5.92 Å². The van der Waals surface area contributed by atoms with E-state index in [9.17, 15) is 9.59 Å². The zero-order valence-corrected chi connectivity index (χ0v) is 9.57. The predicted octanol–water partition coefficient (Wildman–Crippen LogP) is 0.782. The number of carbonyl (C=O) groups is 2. The molecule has 1 atom stereocenters. The van der Waals surface area contributed by atoms with Gasteiger partial charge in [0.2, 0.25) is 5.91 Å². The summed E-state index contributed by atoms with van der Waals surface area (Å²) in [4.78, 5) is 22.1. The molecule has 0 radical (unpaired) electrons. The van der Waals surface area contributed by atoms with Gasteiger partial charge in [0.1, 0.15) is 0 Å². The van der Waals surface area contributed by atoms with E-state index in [1.54, 1.807) is 0 Å². The van der Waals surface area contributed by atoms with Crippen LogP contribution in [0.3, 0.4) is 0 Å². The molecule has 16 heavy (non-hydrogen) atoms. The molecule has 1 amide bonds. The first-order valence-corrected chi connectivity index (χ1v) is 5.69. The highest BCUT2D eigenvalue weighted by molar-refractivity contribution is 5.79. The lowest BCUT2D eigenvalue weighted by atomic mass is 9.99. The van der Waals surface area contributed by atoms with E-state index >= 15 is 0 Å². The number of aliphatic carboxylic acids is 1. The summed E-state index contributed by atoms with van der Waals surface area (Å²) in [5.74, 6) is -0.769. The number of hydrogen-bond acceptors (Lipinski definition) is 3. The Balaban J connectivity index is 2.23. The molecule has 1 rings (SSSR count). The Bertz CT molecular complexity index is 248. The van der Waals surface area contributed by atoms with E-state index in [-0.39, 0.29) is 24.3 Å². The average molecular weight is 229 g/mol. The maximum Gasteiger partial charge on any atom is 0.303 e. The minimum absolute atomic E-state index is 0.0287. The molecule has 1 heterocycles. The molecule has 1 unspecified atom stereocenters. The SMILES string of the molecule is CC(CCC(=O)O)NC(=O)C1CCOCC1. The second-order valence-corrected chi connectivity index (χ2v) is 4.23. The first-order chi connectivity index (χ1) is 7.59. The number of carboxylic acids is 1. The van der Waals surface area contributed by atoms with Gasteiger partial charge in [-0.15, -0.1) is 0 Å². The van der Waals surface area contributed by atoms with Crippen LogP contribution in [0, 0.1) is 5.92 Å². The summed E-state index contributed by atoms with van der Waals surface area (Å²) >= 11 is 0. The van der Waals surface area contributed by atoms with Crippen molar-refractivity contribution in [1.82, 2.24) is 5.32 Å². The molecule has 0 aromatic heterocycles. The maximum atomic E-state index is 11.7. The molecule has 0 saturated carbocycles. The van der Waals surface area contributed by atoms with Crippen LogP contribution in [0.25, 0.3) is 0 Å². The Morgan fingerprint density at radius 1 is 1.44 bits per heavy atom. The molecule has 0 aromatic rings. The molecule has 1 aliphatic heterocycles. The maximum absolute atomic E-state index is 11.7. The fourth-order valence-electron chi connectivity index (χ4n) is 1.73. The third kappa shape index (κ3) is 4.61. The van der Waals surface area contributed by atoms with Crippen molar-refractivity contribution >= 4 is 11.9 Å². The zero-order chi connectivity index (χ0) is 12.0. The Morgan fingerprint density at radius 3 is 2.62 bits per heavy atom. The molecule has 0 spiro atoms. The number of amides is 1. The summed E-state index contributed by atoms with van der Waals surface area (Å²) in [6.07, 6.45) is 2.09. The minimum atomic E-state index is -0.827. The Hall–Kier alpha value is -1.10. The van der Waals surface area contributed by atoms with Crippen molar-refractivity contribution < 1.29 is 19.4 Å². The predicted molar refractivity (Wildman–Crippen MR) is 58.0 cm³/mol. The van der Waals surface area contributed by atoms with Crippen LogP contribution >= 0.6 is 0 Å². The second-order valence-electron chi connectivity index (χ2n) is 4.23. The lowest BCUT2D eigenvalue weighted by molar-refractivity contribution is -0.137. The van der Waals surface area contributed by atoms with Gasteiger partial charge in [-0.2, -0.15) is 0 Å². The number of hydrogen-bond donors (Lipinski definition) is 2. The van der Waals surface area contributed by atoms with Crippen LogP contribution in [-0.2, 0) is 14.3 Å². The van der Waals surface area contributed by atoms with Gasteiger partial charge in [-0.3, -0.25) is 9.59 Å². The van der Waals surface area contributed by atoms with E-state index in [0.29, 0.717) is 19.6 Å². The molecule has 1 saturated heterocycles. The molecule has 0 bridgehead atoms. The monoisotopic (exact) mass is 229 g/mol. The van der Waals surface area contributed by atoms with Crippen molar-refractivity contribution in [3.05, 3.63) is 0 Å². The van der Waals surface area contributed by atoms with Crippen LogP contribution in [-0.4, -0.2) is 36.2 Å². The molecule has 5 heteroatoms. The van der Waals surface area contributed by atoms with E-state index in [1.807, 2.05) is 6.92 Å². The topological polar surface area (TPSA) is 75.6 Å². The van der Waals surface area contributed by atoms with Crippen LogP contribution in [0.15, 0.2) is 0 Å². The molecule has 1 fully saturated rings. The van der Waals surface area contributed by atoms with Gasteiger partial charge in [0.15, 0.2) is 0 Å². The van der Waals surface area contributed by atoms with Crippen LogP contribution in [0.4, 0.5) is 0 Å². The van der Waals surface area contributed by atoms with Crippen LogP contribution in [0.2, 0.25) is 0 Å². The molecule has 92 valence electrons. The quantitative estimate of drug-likeness (QED) is 0.730. The fraction of sp³-hybridized carbons (Fsp3) is 0.818. The van der Waals surface area contributed by atoms with E-state index < -0.39 is 5.97 Å². The standard InChI is InChI=1S/C11H19NO4/c1-8(2-3-10(13)14)12-11(15)9-4-6-16-7-5-9/h8-9H,2-7H2,1H3,(H,12,15)(H,13,14). The van der Waals surface area contributed by atoms with Gasteiger partial charge in [-0.05, 0) is 26.2 Å². The lowest BCUT2D eigenvalue weighted by Gasteiger charge is -2.23. The highest BCUT2D eigenvalue weighted by atomic mass is 16.5. The summed E-state index contributed by atoms with van der Waals surface area (Å²) in [5, 5.41) is 11.4. The second kappa shape index (κ2) is 6.48. The van der Waals surface area contributed by atoms with Crippen molar-refractivity contribution in [2.75, 3.05) is 13.2 Å². The number of nitrogens with one attached hydrogen (secondary N) is 1. The minimum Gasteiger partial charge on any atom is -0.481 e. The Morgan fingerprint density at radius 2 is 2.06 bits per heavy atom. The number of rotatable bonds is 5. The fourth-order valence-corrected chi connectivity index (χ4v) is 1.73. The largest absolute Gasteiger partial charge is 0.481 e. The van der Waals surface area contributed by atoms with Crippen molar-refractivity contribution in [3.8, 4) is 0 Å². The third-order valence-corrected chi connectivity index (χ3v) is 2.77. The number of carbonyl (C=O) groups excluding carboxylic acids is 1. The van der Waals surface area contributed by atoms with E-state index in [4.69, 9.17) is 9.84 Å². The lowest BCUT2D eigenvalue weighted by Crippen LogP contribution is -2.39. The van der Waals surface area contributed by atoms with Gasteiger partial charge in [-0.1, -0.05) is 0 Å². The zero-order valence-electron chi connectivity index (χ0n) is 9.57. The number of ether oxygens (including phenoxy) is 1. The van der Waals surface area contributed by atoms with Gasteiger partial charge in [-0.25, -0.2) is 0 Å². The first kappa shape index (κ1) is 13.0. The molecule has 1 aliphatic rings. The molecule has 2 N–H and O–H groups in total. The smallest absolute Gasteiger partial charge is 0.303 e. The summed E-state index contributed by atoms with van der Waals surface area (Å²) in [5.41, 5.74) is 0. The summed E-state index contributed by atoms with van der Waals surface area (Å²) in [6.45, 7) is 3.11. The average Bonchev–Trinajstić information content (AvgIpc) is 2.27. The van der Waals surface area contributed by atoms with E-state index in [0.717, 1.165) is 12.8 Å². The van der Waals surface area contributed by atoms with Gasteiger partial charge >= 0.3 is 5.97 Å². The van der Waals surface area contributed by atoms with Crippen molar-refractivity contribution in [2.45, 2.75) is 38.6 Å². The highest BCUT2D eigenvalue weighted by Crippen LogP contribution is 2.15. The molecular formula is C11H19NO4.